The lowest BCUT2D eigenvalue weighted by molar-refractivity contribution is -0.140. The molecule has 33 heavy (non-hydrogen) atoms. The predicted molar refractivity (Wildman–Crippen MR) is 116 cm³/mol. The second-order valence-electron chi connectivity index (χ2n) is 8.42. The molecule has 1 aliphatic rings. The Kier molecular flexibility index (Phi) is 6.00. The highest BCUT2D eigenvalue weighted by Crippen LogP contribution is 2.45. The van der Waals surface area contributed by atoms with Gasteiger partial charge in [-0.1, -0.05) is 12.1 Å². The molecule has 9 heteroatoms. The van der Waals surface area contributed by atoms with Crippen molar-refractivity contribution in [2.45, 2.75) is 50.9 Å². The monoisotopic (exact) mass is 462 g/mol. The van der Waals surface area contributed by atoms with Gasteiger partial charge in [0.15, 0.2) is 0 Å². The molecule has 4 rings (SSSR count). The van der Waals surface area contributed by atoms with Gasteiger partial charge in [-0.05, 0) is 61.1 Å². The van der Waals surface area contributed by atoms with Crippen LogP contribution in [0, 0.1) is 5.82 Å². The number of anilines is 1. The molecule has 0 bridgehead atoms. The first kappa shape index (κ1) is 23.0. The molecular weight excluding hydrogens is 440 g/mol. The molecule has 5 nitrogen and oxygen atoms in total. The molecule has 0 spiro atoms. The van der Waals surface area contributed by atoms with Crippen molar-refractivity contribution in [3.05, 3.63) is 75.5 Å². The second-order valence-corrected chi connectivity index (χ2v) is 8.42. The number of nitrogens with zero attached hydrogens (tertiary/aromatic N) is 1. The summed E-state index contributed by atoms with van der Waals surface area (Å²) in [5.41, 5.74) is -0.234. The summed E-state index contributed by atoms with van der Waals surface area (Å²) in [7, 11) is 0. The Morgan fingerprint density at radius 1 is 1.18 bits per heavy atom. The number of carbonyl (C=O) groups excluding carboxylic acids is 1. The van der Waals surface area contributed by atoms with E-state index in [1.807, 2.05) is 0 Å². The summed E-state index contributed by atoms with van der Waals surface area (Å²) >= 11 is 0. The van der Waals surface area contributed by atoms with Crippen molar-refractivity contribution in [3.8, 4) is 0 Å². The Morgan fingerprint density at radius 3 is 2.52 bits per heavy atom. The van der Waals surface area contributed by atoms with Crippen molar-refractivity contribution in [1.29, 1.82) is 0 Å². The lowest BCUT2D eigenvalue weighted by Crippen LogP contribution is -2.25. The van der Waals surface area contributed by atoms with E-state index in [9.17, 15) is 32.3 Å². The molecular formula is C24H22F4N2O3. The molecule has 1 amide bonds. The minimum absolute atomic E-state index is 0.102. The van der Waals surface area contributed by atoms with Gasteiger partial charge in [0.1, 0.15) is 5.82 Å². The zero-order chi connectivity index (χ0) is 23.9. The van der Waals surface area contributed by atoms with Crippen molar-refractivity contribution in [1.82, 2.24) is 4.57 Å². The van der Waals surface area contributed by atoms with Crippen molar-refractivity contribution in [2.75, 3.05) is 5.32 Å². The Hall–Kier alpha value is -3.20. The van der Waals surface area contributed by atoms with Crippen molar-refractivity contribution < 1.29 is 27.5 Å². The number of nitrogens with one attached hydrogen (secondary N) is 1. The van der Waals surface area contributed by atoms with Crippen molar-refractivity contribution in [2.24, 2.45) is 0 Å². The van der Waals surface area contributed by atoms with Crippen LogP contribution in [0.3, 0.4) is 0 Å². The molecule has 3 aromatic rings. The maximum Gasteiger partial charge on any atom is 0.419 e. The summed E-state index contributed by atoms with van der Waals surface area (Å²) in [5, 5.41) is 13.3. The van der Waals surface area contributed by atoms with Gasteiger partial charge in [-0.15, -0.1) is 0 Å². The maximum absolute atomic E-state index is 13.9. The number of pyridine rings is 1. The maximum atomic E-state index is 13.9. The number of halogens is 4. The van der Waals surface area contributed by atoms with E-state index >= 15 is 0 Å². The highest BCUT2D eigenvalue weighted by atomic mass is 19.4. The van der Waals surface area contributed by atoms with Gasteiger partial charge in [0.05, 0.1) is 30.3 Å². The zero-order valence-electron chi connectivity index (χ0n) is 17.7. The van der Waals surface area contributed by atoms with E-state index in [4.69, 9.17) is 0 Å². The quantitative estimate of drug-likeness (QED) is 0.526. The molecule has 2 aromatic carbocycles. The summed E-state index contributed by atoms with van der Waals surface area (Å²) in [6, 6.07) is 7.59. The fourth-order valence-electron chi connectivity index (χ4n) is 3.95. The van der Waals surface area contributed by atoms with Crippen LogP contribution < -0.4 is 10.9 Å². The summed E-state index contributed by atoms with van der Waals surface area (Å²) < 4.78 is 53.6. The van der Waals surface area contributed by atoms with Gasteiger partial charge in [0.2, 0.25) is 5.91 Å². The minimum Gasteiger partial charge on any atom is -0.392 e. The predicted octanol–water partition coefficient (Wildman–Crippen LogP) is 4.60. The number of hydrogen-bond acceptors (Lipinski definition) is 3. The number of aliphatic hydroxyl groups excluding tert-OH is 1. The van der Waals surface area contributed by atoms with E-state index in [-0.39, 0.29) is 30.0 Å². The molecule has 1 saturated carbocycles. The fraction of sp³-hybridized carbons (Fsp3) is 0.333. The van der Waals surface area contributed by atoms with Gasteiger partial charge in [-0.3, -0.25) is 9.59 Å². The molecule has 1 atom stereocenters. The van der Waals surface area contributed by atoms with E-state index in [1.165, 1.54) is 4.57 Å². The smallest absolute Gasteiger partial charge is 0.392 e. The molecule has 1 aromatic heterocycles. The largest absolute Gasteiger partial charge is 0.419 e. The normalized spacial score (nSPS) is 15.0. The molecule has 1 fully saturated rings. The third kappa shape index (κ3) is 4.93. The molecule has 1 heterocycles. The first-order valence-electron chi connectivity index (χ1n) is 10.5. The number of fused-ring (bicyclic) bond motifs is 1. The second kappa shape index (κ2) is 8.62. The van der Waals surface area contributed by atoms with Crippen LogP contribution in [0.25, 0.3) is 10.8 Å². The first-order chi connectivity index (χ1) is 15.5. The number of amides is 1. The summed E-state index contributed by atoms with van der Waals surface area (Å²) in [6.07, 6.45) is -2.42. The van der Waals surface area contributed by atoms with Crippen molar-refractivity contribution >= 4 is 22.4 Å². The summed E-state index contributed by atoms with van der Waals surface area (Å²) in [4.78, 5) is 25.6. The van der Waals surface area contributed by atoms with E-state index in [0.29, 0.717) is 28.6 Å². The van der Waals surface area contributed by atoms with Crippen LogP contribution in [0.4, 0.5) is 23.2 Å². The zero-order valence-corrected chi connectivity index (χ0v) is 17.7. The third-order valence-corrected chi connectivity index (χ3v) is 5.64. The number of hydrogen-bond donors (Lipinski definition) is 2. The van der Waals surface area contributed by atoms with Crippen LogP contribution >= 0.6 is 0 Å². The number of carbonyl (C=O) groups is 1. The third-order valence-electron chi connectivity index (χ3n) is 5.64. The van der Waals surface area contributed by atoms with E-state index in [2.05, 4.69) is 5.32 Å². The Labute approximate surface area is 186 Å². The summed E-state index contributed by atoms with van der Waals surface area (Å²) in [5.74, 6) is -1.72. The van der Waals surface area contributed by atoms with Gasteiger partial charge in [-0.2, -0.15) is 13.2 Å². The number of rotatable bonds is 6. The highest BCUT2D eigenvalue weighted by molar-refractivity contribution is 6.04. The Bertz CT molecular complexity index is 1280. The molecule has 0 saturated heterocycles. The van der Waals surface area contributed by atoms with Gasteiger partial charge < -0.3 is 15.0 Å². The fourth-order valence-corrected chi connectivity index (χ4v) is 3.95. The average molecular weight is 462 g/mol. The lowest BCUT2D eigenvalue weighted by Gasteiger charge is -2.16. The molecule has 0 unspecified atom stereocenters. The SMILES string of the molecule is C[C@@H](O)Cn1ccc2c(NC(=O)Cc3ccc(C(F)(F)F)c(F)c3)c(C3CC3)ccc2c1=O. The average Bonchev–Trinajstić information content (AvgIpc) is 3.54. The summed E-state index contributed by atoms with van der Waals surface area (Å²) in [6.45, 7) is 1.70. The molecule has 1 aliphatic carbocycles. The van der Waals surface area contributed by atoms with Gasteiger partial charge in [0.25, 0.3) is 5.56 Å². The van der Waals surface area contributed by atoms with E-state index < -0.39 is 29.6 Å². The van der Waals surface area contributed by atoms with Gasteiger partial charge >= 0.3 is 6.18 Å². The number of aromatic nitrogens is 1. The van der Waals surface area contributed by atoms with Crippen LogP contribution in [0.2, 0.25) is 0 Å². The highest BCUT2D eigenvalue weighted by Gasteiger charge is 2.34. The number of benzene rings is 2. The lowest BCUT2D eigenvalue weighted by atomic mass is 10.0. The van der Waals surface area contributed by atoms with Crippen LogP contribution in [0.15, 0.2) is 47.4 Å². The standard InChI is InChI=1S/C24H22F4N2O3/c1-13(31)12-30-9-8-17-18(23(30)33)6-5-16(15-3-4-15)22(17)29-21(32)11-14-2-7-19(20(25)10-14)24(26,27)28/h2,5-10,13,15,31H,3-4,11-12H2,1H3,(H,29,32)/t13-/m1/s1. The Balaban J connectivity index is 1.65. The first-order valence-corrected chi connectivity index (χ1v) is 10.5. The van der Waals surface area contributed by atoms with Gasteiger partial charge in [-0.25, -0.2) is 4.39 Å². The van der Waals surface area contributed by atoms with Gasteiger partial charge in [0, 0.05) is 17.0 Å². The van der Waals surface area contributed by atoms with Crippen LogP contribution in [0.1, 0.15) is 42.4 Å². The number of alkyl halides is 3. The number of aliphatic hydroxyl groups is 1. The molecule has 174 valence electrons. The van der Waals surface area contributed by atoms with Crippen LogP contribution in [-0.2, 0) is 23.9 Å². The topological polar surface area (TPSA) is 71.3 Å². The molecule has 2 N–H and O–H groups in total. The van der Waals surface area contributed by atoms with E-state index in [1.54, 1.807) is 31.3 Å². The van der Waals surface area contributed by atoms with Crippen molar-refractivity contribution in [3.63, 3.8) is 0 Å². The minimum atomic E-state index is -4.81. The van der Waals surface area contributed by atoms with Crippen LogP contribution in [0.5, 0.6) is 0 Å². The van der Waals surface area contributed by atoms with Crippen LogP contribution in [-0.4, -0.2) is 21.7 Å². The van der Waals surface area contributed by atoms with E-state index in [0.717, 1.165) is 24.5 Å². The molecule has 0 aliphatic heterocycles. The molecule has 0 radical (unpaired) electrons. The Morgan fingerprint density at radius 2 is 1.91 bits per heavy atom.